The van der Waals surface area contributed by atoms with Crippen molar-refractivity contribution < 1.29 is 9.21 Å². The Morgan fingerprint density at radius 2 is 2.06 bits per heavy atom. The number of carbonyl (C=O) groups excluding carboxylic acids is 1. The quantitative estimate of drug-likeness (QED) is 0.879. The molecule has 1 atom stereocenters. The molecule has 1 heterocycles. The Morgan fingerprint density at radius 1 is 1.33 bits per heavy atom. The van der Waals surface area contributed by atoms with E-state index < -0.39 is 0 Å². The Balaban J connectivity index is 2.13. The SMILES string of the molecule is Cc1ccoc1C(=O)NC(CBr)c1ccccc1. The van der Waals surface area contributed by atoms with Gasteiger partial charge in [-0.25, -0.2) is 0 Å². The number of furan rings is 1. The average molecular weight is 308 g/mol. The van der Waals surface area contributed by atoms with Gasteiger partial charge in [0.05, 0.1) is 12.3 Å². The lowest BCUT2D eigenvalue weighted by Gasteiger charge is -2.16. The van der Waals surface area contributed by atoms with E-state index in [1.165, 1.54) is 6.26 Å². The molecule has 0 fully saturated rings. The van der Waals surface area contributed by atoms with Crippen LogP contribution in [0.15, 0.2) is 47.1 Å². The van der Waals surface area contributed by atoms with Crippen molar-refractivity contribution in [1.82, 2.24) is 5.32 Å². The van der Waals surface area contributed by atoms with E-state index in [-0.39, 0.29) is 11.9 Å². The summed E-state index contributed by atoms with van der Waals surface area (Å²) in [5, 5.41) is 3.60. The third-order valence-electron chi connectivity index (χ3n) is 2.73. The molecular formula is C14H14BrNO2. The van der Waals surface area contributed by atoms with Crippen LogP contribution in [0.4, 0.5) is 0 Å². The third-order valence-corrected chi connectivity index (χ3v) is 3.38. The molecule has 4 heteroatoms. The zero-order valence-corrected chi connectivity index (χ0v) is 11.6. The van der Waals surface area contributed by atoms with Crippen LogP contribution in [0.2, 0.25) is 0 Å². The molecule has 0 saturated heterocycles. The molecule has 3 nitrogen and oxygen atoms in total. The second kappa shape index (κ2) is 5.87. The minimum absolute atomic E-state index is 0.0665. The summed E-state index contributed by atoms with van der Waals surface area (Å²) in [6, 6.07) is 11.5. The van der Waals surface area contributed by atoms with Gasteiger partial charge in [0, 0.05) is 10.9 Å². The van der Waals surface area contributed by atoms with Gasteiger partial charge in [-0.3, -0.25) is 4.79 Å². The summed E-state index contributed by atoms with van der Waals surface area (Å²) in [6.45, 7) is 1.85. The number of hydrogen-bond acceptors (Lipinski definition) is 2. The number of rotatable bonds is 4. The van der Waals surface area contributed by atoms with Gasteiger partial charge in [-0.2, -0.15) is 0 Å². The van der Waals surface area contributed by atoms with E-state index >= 15 is 0 Å². The first-order valence-electron chi connectivity index (χ1n) is 5.68. The van der Waals surface area contributed by atoms with Gasteiger partial charge in [-0.15, -0.1) is 0 Å². The molecule has 94 valence electrons. The molecule has 2 rings (SSSR count). The zero-order chi connectivity index (χ0) is 13.0. The van der Waals surface area contributed by atoms with Gasteiger partial charge >= 0.3 is 0 Å². The molecule has 0 saturated carbocycles. The fraction of sp³-hybridized carbons (Fsp3) is 0.214. The van der Waals surface area contributed by atoms with Crippen molar-refractivity contribution in [2.45, 2.75) is 13.0 Å². The second-order valence-corrected chi connectivity index (χ2v) is 4.67. The smallest absolute Gasteiger partial charge is 0.287 e. The lowest BCUT2D eigenvalue weighted by molar-refractivity contribution is 0.0912. The molecule has 0 aliphatic rings. The Kier molecular flexibility index (Phi) is 4.20. The van der Waals surface area contributed by atoms with Gasteiger partial charge in [0.25, 0.3) is 5.91 Å². The highest BCUT2D eigenvalue weighted by molar-refractivity contribution is 9.09. The maximum atomic E-state index is 12.0. The van der Waals surface area contributed by atoms with E-state index in [4.69, 9.17) is 4.42 Å². The standard InChI is InChI=1S/C14H14BrNO2/c1-10-7-8-18-13(10)14(17)16-12(9-15)11-5-3-2-4-6-11/h2-8,12H,9H2,1H3,(H,16,17). The Morgan fingerprint density at radius 3 is 2.61 bits per heavy atom. The molecule has 18 heavy (non-hydrogen) atoms. The lowest BCUT2D eigenvalue weighted by Crippen LogP contribution is -2.29. The Bertz CT molecular complexity index is 522. The van der Waals surface area contributed by atoms with Crippen LogP contribution in [-0.2, 0) is 0 Å². The number of halogens is 1. The van der Waals surface area contributed by atoms with Crippen molar-refractivity contribution in [3.05, 3.63) is 59.5 Å². The molecule has 1 aromatic carbocycles. The summed E-state index contributed by atoms with van der Waals surface area (Å²) in [6.07, 6.45) is 1.52. The van der Waals surface area contributed by atoms with Crippen molar-refractivity contribution in [2.75, 3.05) is 5.33 Å². The van der Waals surface area contributed by atoms with Crippen molar-refractivity contribution >= 4 is 21.8 Å². The van der Waals surface area contributed by atoms with Crippen LogP contribution in [0, 0.1) is 6.92 Å². The molecule has 0 radical (unpaired) electrons. The van der Waals surface area contributed by atoms with Crippen molar-refractivity contribution in [3.63, 3.8) is 0 Å². The number of carbonyl (C=O) groups is 1. The molecule has 1 unspecified atom stereocenters. The first kappa shape index (κ1) is 12.9. The minimum Gasteiger partial charge on any atom is -0.459 e. The van der Waals surface area contributed by atoms with Crippen LogP contribution < -0.4 is 5.32 Å². The first-order valence-corrected chi connectivity index (χ1v) is 6.80. The van der Waals surface area contributed by atoms with Gasteiger partial charge in [-0.1, -0.05) is 46.3 Å². The predicted molar refractivity (Wildman–Crippen MR) is 73.9 cm³/mol. The summed E-state index contributed by atoms with van der Waals surface area (Å²) in [5.41, 5.74) is 1.90. The van der Waals surface area contributed by atoms with Gasteiger partial charge < -0.3 is 9.73 Å². The highest BCUT2D eigenvalue weighted by Gasteiger charge is 2.17. The maximum absolute atomic E-state index is 12.0. The van der Waals surface area contributed by atoms with E-state index in [0.29, 0.717) is 11.1 Å². The molecule has 1 amide bonds. The topological polar surface area (TPSA) is 42.2 Å². The number of alkyl halides is 1. The maximum Gasteiger partial charge on any atom is 0.287 e. The van der Waals surface area contributed by atoms with Gasteiger partial charge in [0.1, 0.15) is 0 Å². The summed E-state index contributed by atoms with van der Waals surface area (Å²) in [5.74, 6) is 0.183. The van der Waals surface area contributed by atoms with Gasteiger partial charge in [0.2, 0.25) is 0 Å². The molecular weight excluding hydrogens is 294 g/mol. The van der Waals surface area contributed by atoms with Crippen LogP contribution >= 0.6 is 15.9 Å². The number of benzene rings is 1. The molecule has 2 aromatic rings. The van der Waals surface area contributed by atoms with Crippen molar-refractivity contribution in [3.8, 4) is 0 Å². The Labute approximate surface area is 114 Å². The summed E-state index contributed by atoms with van der Waals surface area (Å²) in [4.78, 5) is 12.0. The van der Waals surface area contributed by atoms with E-state index in [0.717, 1.165) is 11.1 Å². The lowest BCUT2D eigenvalue weighted by atomic mass is 10.1. The van der Waals surface area contributed by atoms with Gasteiger partial charge in [0.15, 0.2) is 5.76 Å². The van der Waals surface area contributed by atoms with Crippen LogP contribution in [0.1, 0.15) is 27.7 Å². The minimum atomic E-state index is -0.189. The largest absolute Gasteiger partial charge is 0.459 e. The summed E-state index contributed by atoms with van der Waals surface area (Å²) in [7, 11) is 0. The normalized spacial score (nSPS) is 12.1. The number of amides is 1. The molecule has 1 aromatic heterocycles. The molecule has 0 aliphatic heterocycles. The van der Waals surface area contributed by atoms with Crippen molar-refractivity contribution in [2.24, 2.45) is 0 Å². The van der Waals surface area contributed by atoms with E-state index in [1.807, 2.05) is 37.3 Å². The highest BCUT2D eigenvalue weighted by Crippen LogP contribution is 2.17. The zero-order valence-electron chi connectivity index (χ0n) is 10.0. The van der Waals surface area contributed by atoms with Crippen LogP contribution in [0.5, 0.6) is 0 Å². The number of hydrogen-bond donors (Lipinski definition) is 1. The molecule has 0 spiro atoms. The predicted octanol–water partition coefficient (Wildman–Crippen LogP) is 3.45. The van der Waals surface area contributed by atoms with Crippen molar-refractivity contribution in [1.29, 1.82) is 0 Å². The second-order valence-electron chi connectivity index (χ2n) is 4.02. The fourth-order valence-corrected chi connectivity index (χ4v) is 2.26. The third kappa shape index (κ3) is 2.82. The molecule has 0 bridgehead atoms. The monoisotopic (exact) mass is 307 g/mol. The highest BCUT2D eigenvalue weighted by atomic mass is 79.9. The van der Waals surface area contributed by atoms with E-state index in [9.17, 15) is 4.79 Å². The summed E-state index contributed by atoms with van der Waals surface area (Å²) < 4.78 is 5.18. The fourth-order valence-electron chi connectivity index (χ4n) is 1.73. The van der Waals surface area contributed by atoms with Crippen LogP contribution in [-0.4, -0.2) is 11.2 Å². The first-order chi connectivity index (χ1) is 8.72. The Hall–Kier alpha value is -1.55. The van der Waals surface area contributed by atoms with Gasteiger partial charge in [-0.05, 0) is 18.6 Å². The number of aryl methyl sites for hydroxylation is 1. The van der Waals surface area contributed by atoms with E-state index in [2.05, 4.69) is 21.2 Å². The van der Waals surface area contributed by atoms with E-state index in [1.54, 1.807) is 6.07 Å². The number of nitrogens with one attached hydrogen (secondary N) is 1. The summed E-state index contributed by atoms with van der Waals surface area (Å²) >= 11 is 3.42. The van der Waals surface area contributed by atoms with Crippen LogP contribution in [0.3, 0.4) is 0 Å². The molecule has 1 N–H and O–H groups in total. The average Bonchev–Trinajstić information content (AvgIpc) is 2.83. The van der Waals surface area contributed by atoms with Crippen LogP contribution in [0.25, 0.3) is 0 Å². The molecule has 0 aliphatic carbocycles.